The van der Waals surface area contributed by atoms with E-state index in [0.29, 0.717) is 4.75 Å². The van der Waals surface area contributed by atoms with Gasteiger partial charge in [-0.25, -0.2) is 0 Å². The average molecular weight is 244 g/mol. The van der Waals surface area contributed by atoms with E-state index in [-0.39, 0.29) is 0 Å². The zero-order valence-corrected chi connectivity index (χ0v) is 12.2. The summed E-state index contributed by atoms with van der Waals surface area (Å²) in [4.78, 5) is 2.68. The Labute approximate surface area is 106 Å². The summed E-state index contributed by atoms with van der Waals surface area (Å²) < 4.78 is 0.441. The minimum Gasteiger partial charge on any atom is -0.315 e. The Balaban J connectivity index is 2.39. The molecule has 0 aromatic rings. The van der Waals surface area contributed by atoms with Crippen molar-refractivity contribution in [2.75, 3.05) is 31.9 Å². The molecule has 3 heteroatoms. The lowest BCUT2D eigenvalue weighted by Crippen LogP contribution is -2.51. The largest absolute Gasteiger partial charge is 0.315 e. The highest BCUT2D eigenvalue weighted by atomic mass is 32.2. The summed E-state index contributed by atoms with van der Waals surface area (Å²) >= 11 is 2.12. The van der Waals surface area contributed by atoms with Gasteiger partial charge in [0.05, 0.1) is 0 Å². The van der Waals surface area contributed by atoms with Crippen molar-refractivity contribution in [1.82, 2.24) is 10.2 Å². The van der Waals surface area contributed by atoms with Crippen molar-refractivity contribution in [3.8, 4) is 0 Å². The van der Waals surface area contributed by atoms with Gasteiger partial charge in [-0.2, -0.15) is 11.8 Å². The summed E-state index contributed by atoms with van der Waals surface area (Å²) in [5.74, 6) is 1.29. The first-order chi connectivity index (χ1) is 7.59. The molecule has 2 nitrogen and oxygen atoms in total. The maximum absolute atomic E-state index is 3.56. The number of thioether (sulfide) groups is 1. The maximum Gasteiger partial charge on any atom is 0.0231 e. The number of hydrogen-bond acceptors (Lipinski definition) is 3. The second-order valence-corrected chi connectivity index (χ2v) is 7.15. The molecule has 0 aliphatic carbocycles. The van der Waals surface area contributed by atoms with Crippen molar-refractivity contribution in [2.45, 2.75) is 51.3 Å². The van der Waals surface area contributed by atoms with Crippen molar-refractivity contribution in [3.63, 3.8) is 0 Å². The number of hydrogen-bond donors (Lipinski definition) is 1. The summed E-state index contributed by atoms with van der Waals surface area (Å²) in [6.07, 6.45) is 2.50. The quantitative estimate of drug-likeness (QED) is 0.723. The second kappa shape index (κ2) is 6.87. The minimum absolute atomic E-state index is 0.441. The van der Waals surface area contributed by atoms with Crippen LogP contribution in [0.25, 0.3) is 0 Å². The summed E-state index contributed by atoms with van der Waals surface area (Å²) in [5.41, 5.74) is 0. The third-order valence-electron chi connectivity index (χ3n) is 3.25. The summed E-state index contributed by atoms with van der Waals surface area (Å²) in [7, 11) is 0. The van der Waals surface area contributed by atoms with Crippen LogP contribution in [0.1, 0.15) is 40.5 Å². The van der Waals surface area contributed by atoms with Gasteiger partial charge in [-0.1, -0.05) is 13.8 Å². The molecule has 1 unspecified atom stereocenters. The van der Waals surface area contributed by atoms with E-state index in [9.17, 15) is 0 Å². The van der Waals surface area contributed by atoms with Crippen LogP contribution in [0.3, 0.4) is 0 Å². The zero-order chi connectivity index (χ0) is 12.0. The predicted octanol–water partition coefficient (Wildman–Crippen LogP) is 2.59. The van der Waals surface area contributed by atoms with Crippen LogP contribution in [0.4, 0.5) is 0 Å². The van der Waals surface area contributed by atoms with Crippen LogP contribution in [0.2, 0.25) is 0 Å². The number of rotatable bonds is 6. The molecule has 0 bridgehead atoms. The Hall–Kier alpha value is 0.270. The van der Waals surface area contributed by atoms with Crippen LogP contribution >= 0.6 is 11.8 Å². The Morgan fingerprint density at radius 1 is 1.38 bits per heavy atom. The molecule has 96 valence electrons. The van der Waals surface area contributed by atoms with Gasteiger partial charge >= 0.3 is 0 Å². The maximum atomic E-state index is 3.56. The normalized spacial score (nSPS) is 23.2. The lowest BCUT2D eigenvalue weighted by atomic mass is 10.1. The SMILES string of the molecule is CCCNCC(CC)N1CCSC(C)(C)C1. The highest BCUT2D eigenvalue weighted by Crippen LogP contribution is 2.30. The average Bonchev–Trinajstić information content (AvgIpc) is 2.23. The molecule has 0 saturated carbocycles. The molecule has 0 aromatic heterocycles. The molecule has 1 fully saturated rings. The molecule has 0 spiro atoms. The topological polar surface area (TPSA) is 15.3 Å². The van der Waals surface area contributed by atoms with Crippen LogP contribution < -0.4 is 5.32 Å². The molecule has 1 heterocycles. The molecule has 16 heavy (non-hydrogen) atoms. The first-order valence-electron chi connectivity index (χ1n) is 6.67. The van der Waals surface area contributed by atoms with Gasteiger partial charge in [0.1, 0.15) is 0 Å². The van der Waals surface area contributed by atoms with Crippen molar-refractivity contribution in [1.29, 1.82) is 0 Å². The lowest BCUT2D eigenvalue weighted by Gasteiger charge is -2.41. The zero-order valence-electron chi connectivity index (χ0n) is 11.4. The fourth-order valence-electron chi connectivity index (χ4n) is 2.34. The van der Waals surface area contributed by atoms with Crippen molar-refractivity contribution in [3.05, 3.63) is 0 Å². The van der Waals surface area contributed by atoms with E-state index >= 15 is 0 Å². The highest BCUT2D eigenvalue weighted by Gasteiger charge is 2.30. The summed E-state index contributed by atoms with van der Waals surface area (Å²) in [6.45, 7) is 14.1. The van der Waals surface area contributed by atoms with Crippen molar-refractivity contribution in [2.24, 2.45) is 0 Å². The second-order valence-electron chi connectivity index (χ2n) is 5.34. The van der Waals surface area contributed by atoms with Crippen LogP contribution in [0.5, 0.6) is 0 Å². The van der Waals surface area contributed by atoms with Gasteiger partial charge in [0.2, 0.25) is 0 Å². The van der Waals surface area contributed by atoms with E-state index < -0.39 is 0 Å². The third-order valence-corrected chi connectivity index (χ3v) is 4.55. The van der Waals surface area contributed by atoms with Crippen molar-refractivity contribution < 1.29 is 0 Å². The van der Waals surface area contributed by atoms with Crippen LogP contribution in [0, 0.1) is 0 Å². The van der Waals surface area contributed by atoms with Gasteiger partial charge < -0.3 is 5.32 Å². The van der Waals surface area contributed by atoms with Gasteiger partial charge in [0.25, 0.3) is 0 Å². The molecule has 0 aromatic carbocycles. The Kier molecular flexibility index (Phi) is 6.16. The molecule has 1 atom stereocenters. The van der Waals surface area contributed by atoms with E-state index in [2.05, 4.69) is 49.7 Å². The number of nitrogens with one attached hydrogen (secondary N) is 1. The van der Waals surface area contributed by atoms with Gasteiger partial charge in [-0.05, 0) is 33.2 Å². The molecule has 0 amide bonds. The number of nitrogens with zero attached hydrogens (tertiary/aromatic N) is 1. The summed E-state index contributed by atoms with van der Waals surface area (Å²) in [6, 6.07) is 0.728. The first-order valence-corrected chi connectivity index (χ1v) is 7.66. The first kappa shape index (κ1) is 14.3. The van der Waals surface area contributed by atoms with Gasteiger partial charge in [0.15, 0.2) is 0 Å². The van der Waals surface area contributed by atoms with Gasteiger partial charge in [-0.3, -0.25) is 4.90 Å². The molecular weight excluding hydrogens is 216 g/mol. The van der Waals surface area contributed by atoms with Gasteiger partial charge in [0, 0.05) is 36.2 Å². The molecule has 1 N–H and O–H groups in total. The van der Waals surface area contributed by atoms with Gasteiger partial charge in [-0.15, -0.1) is 0 Å². The van der Waals surface area contributed by atoms with Crippen molar-refractivity contribution >= 4 is 11.8 Å². The third kappa shape index (κ3) is 4.64. The molecule has 0 radical (unpaired) electrons. The Morgan fingerprint density at radius 2 is 2.12 bits per heavy atom. The highest BCUT2D eigenvalue weighted by molar-refractivity contribution is 8.00. The van der Waals surface area contributed by atoms with E-state index in [1.807, 2.05) is 0 Å². The Morgan fingerprint density at radius 3 is 2.69 bits per heavy atom. The van der Waals surface area contributed by atoms with Crippen LogP contribution in [-0.2, 0) is 0 Å². The minimum atomic E-state index is 0.441. The predicted molar refractivity (Wildman–Crippen MR) is 75.3 cm³/mol. The van der Waals surface area contributed by atoms with Crippen LogP contribution in [-0.4, -0.2) is 47.6 Å². The molecule has 1 rings (SSSR count). The van der Waals surface area contributed by atoms with E-state index in [1.54, 1.807) is 0 Å². The van der Waals surface area contributed by atoms with E-state index in [0.717, 1.165) is 19.1 Å². The Bertz CT molecular complexity index is 194. The molecular formula is C13H28N2S. The fraction of sp³-hybridized carbons (Fsp3) is 1.00. The van der Waals surface area contributed by atoms with Crippen LogP contribution in [0.15, 0.2) is 0 Å². The fourth-order valence-corrected chi connectivity index (χ4v) is 3.48. The van der Waals surface area contributed by atoms with E-state index in [4.69, 9.17) is 0 Å². The smallest absolute Gasteiger partial charge is 0.0231 e. The summed E-state index contributed by atoms with van der Waals surface area (Å²) in [5, 5.41) is 3.56. The standard InChI is InChI=1S/C13H28N2S/c1-5-7-14-10-12(6-2)15-8-9-16-13(3,4)11-15/h12,14H,5-11H2,1-4H3. The molecule has 1 aliphatic heterocycles. The van der Waals surface area contributed by atoms with E-state index in [1.165, 1.54) is 31.7 Å². The molecule has 1 saturated heterocycles. The monoisotopic (exact) mass is 244 g/mol. The lowest BCUT2D eigenvalue weighted by molar-refractivity contribution is 0.178. The molecule has 1 aliphatic rings.